The van der Waals surface area contributed by atoms with Crippen molar-refractivity contribution in [3.05, 3.63) is 42.4 Å². The SMILES string of the molecule is COc1ccccc1NC(=O)c1cncc(NN)n1. The van der Waals surface area contributed by atoms with Gasteiger partial charge in [-0.05, 0) is 12.1 Å². The molecule has 7 nitrogen and oxygen atoms in total. The molecule has 1 heterocycles. The van der Waals surface area contributed by atoms with Crippen LogP contribution in [0.1, 0.15) is 10.5 Å². The highest BCUT2D eigenvalue weighted by molar-refractivity contribution is 6.03. The van der Waals surface area contributed by atoms with Gasteiger partial charge in [-0.1, -0.05) is 12.1 Å². The minimum absolute atomic E-state index is 0.154. The van der Waals surface area contributed by atoms with E-state index in [0.717, 1.165) is 0 Å². The zero-order valence-electron chi connectivity index (χ0n) is 10.3. The highest BCUT2D eigenvalue weighted by atomic mass is 16.5. The Balaban J connectivity index is 2.20. The van der Waals surface area contributed by atoms with E-state index in [2.05, 4.69) is 20.7 Å². The average molecular weight is 259 g/mol. The number of nitrogens with one attached hydrogen (secondary N) is 2. The lowest BCUT2D eigenvalue weighted by atomic mass is 10.3. The van der Waals surface area contributed by atoms with Gasteiger partial charge < -0.3 is 15.5 Å². The predicted octanol–water partition coefficient (Wildman–Crippen LogP) is 1.02. The Bertz CT molecular complexity index is 588. The number of carbonyl (C=O) groups excluding carboxylic acids is 1. The van der Waals surface area contributed by atoms with Crippen molar-refractivity contribution in [2.75, 3.05) is 17.9 Å². The summed E-state index contributed by atoms with van der Waals surface area (Å²) < 4.78 is 5.14. The van der Waals surface area contributed by atoms with Gasteiger partial charge in [0.05, 0.1) is 25.2 Å². The Morgan fingerprint density at radius 3 is 2.84 bits per heavy atom. The van der Waals surface area contributed by atoms with Crippen LogP contribution in [-0.4, -0.2) is 23.0 Å². The van der Waals surface area contributed by atoms with Gasteiger partial charge in [0.2, 0.25) is 0 Å². The van der Waals surface area contributed by atoms with Crippen molar-refractivity contribution in [2.24, 2.45) is 5.84 Å². The summed E-state index contributed by atoms with van der Waals surface area (Å²) in [6, 6.07) is 7.09. The summed E-state index contributed by atoms with van der Waals surface area (Å²) in [7, 11) is 1.53. The number of hydrogen-bond acceptors (Lipinski definition) is 6. The van der Waals surface area contributed by atoms with Gasteiger partial charge in [0.15, 0.2) is 5.82 Å². The number of carbonyl (C=O) groups is 1. The number of benzene rings is 1. The number of aromatic nitrogens is 2. The van der Waals surface area contributed by atoms with Crippen LogP contribution in [0.4, 0.5) is 11.5 Å². The molecule has 0 aliphatic carbocycles. The monoisotopic (exact) mass is 259 g/mol. The fraction of sp³-hybridized carbons (Fsp3) is 0.0833. The normalized spacial score (nSPS) is 9.79. The van der Waals surface area contributed by atoms with Crippen molar-refractivity contribution in [2.45, 2.75) is 0 Å². The molecular weight excluding hydrogens is 246 g/mol. The van der Waals surface area contributed by atoms with E-state index in [4.69, 9.17) is 10.6 Å². The number of nitrogens with two attached hydrogens (primary N) is 1. The van der Waals surface area contributed by atoms with Gasteiger partial charge >= 0.3 is 0 Å². The molecule has 0 atom stereocenters. The van der Waals surface area contributed by atoms with Crippen LogP contribution in [0.2, 0.25) is 0 Å². The lowest BCUT2D eigenvalue weighted by Crippen LogP contribution is -2.17. The second kappa shape index (κ2) is 5.78. The fourth-order valence-corrected chi connectivity index (χ4v) is 1.48. The van der Waals surface area contributed by atoms with Crippen LogP contribution >= 0.6 is 0 Å². The third-order valence-corrected chi connectivity index (χ3v) is 2.37. The van der Waals surface area contributed by atoms with Crippen LogP contribution in [0.25, 0.3) is 0 Å². The van der Waals surface area contributed by atoms with Gasteiger partial charge in [-0.2, -0.15) is 0 Å². The Hall–Kier alpha value is -2.67. The zero-order valence-corrected chi connectivity index (χ0v) is 10.3. The first-order chi connectivity index (χ1) is 9.24. The molecule has 98 valence electrons. The molecule has 7 heteroatoms. The van der Waals surface area contributed by atoms with Crippen LogP contribution in [0.3, 0.4) is 0 Å². The summed E-state index contributed by atoms with van der Waals surface area (Å²) >= 11 is 0. The molecular formula is C12H13N5O2. The lowest BCUT2D eigenvalue weighted by Gasteiger charge is -2.09. The highest BCUT2D eigenvalue weighted by Gasteiger charge is 2.11. The first-order valence-corrected chi connectivity index (χ1v) is 5.47. The number of hydrogen-bond donors (Lipinski definition) is 3. The molecule has 0 saturated heterocycles. The number of rotatable bonds is 4. The molecule has 2 rings (SSSR count). The van der Waals surface area contributed by atoms with Gasteiger partial charge in [-0.15, -0.1) is 0 Å². The number of para-hydroxylation sites is 2. The number of nitrogen functional groups attached to an aromatic ring is 1. The largest absolute Gasteiger partial charge is 0.495 e. The second-order valence-corrected chi connectivity index (χ2v) is 3.59. The first kappa shape index (κ1) is 12.8. The average Bonchev–Trinajstić information content (AvgIpc) is 2.47. The first-order valence-electron chi connectivity index (χ1n) is 5.47. The van der Waals surface area contributed by atoms with E-state index >= 15 is 0 Å². The van der Waals surface area contributed by atoms with Crippen molar-refractivity contribution >= 4 is 17.4 Å². The molecule has 1 amide bonds. The highest BCUT2D eigenvalue weighted by Crippen LogP contribution is 2.23. The molecule has 0 radical (unpaired) electrons. The van der Waals surface area contributed by atoms with Gasteiger partial charge in [0.1, 0.15) is 11.4 Å². The van der Waals surface area contributed by atoms with Gasteiger partial charge in [0, 0.05) is 0 Å². The molecule has 0 saturated carbocycles. The molecule has 4 N–H and O–H groups in total. The molecule has 0 aliphatic heterocycles. The van der Waals surface area contributed by atoms with E-state index in [1.54, 1.807) is 18.2 Å². The summed E-state index contributed by atoms with van der Waals surface area (Å²) in [6.45, 7) is 0. The maximum absolute atomic E-state index is 12.0. The minimum Gasteiger partial charge on any atom is -0.495 e. The quantitative estimate of drug-likeness (QED) is 0.559. The van der Waals surface area contributed by atoms with Crippen LogP contribution < -0.4 is 21.3 Å². The minimum atomic E-state index is -0.394. The topological polar surface area (TPSA) is 102 Å². The van der Waals surface area contributed by atoms with Crippen LogP contribution in [0, 0.1) is 0 Å². The summed E-state index contributed by atoms with van der Waals surface area (Å²) in [5, 5.41) is 2.69. The number of amides is 1. The molecule has 1 aromatic heterocycles. The van der Waals surface area contributed by atoms with Crippen molar-refractivity contribution in [3.8, 4) is 5.75 Å². The summed E-state index contributed by atoms with van der Waals surface area (Å²) in [5.74, 6) is 5.70. The fourth-order valence-electron chi connectivity index (χ4n) is 1.48. The van der Waals surface area contributed by atoms with Crippen molar-refractivity contribution in [1.29, 1.82) is 0 Å². The van der Waals surface area contributed by atoms with E-state index < -0.39 is 5.91 Å². The third-order valence-electron chi connectivity index (χ3n) is 2.37. The van der Waals surface area contributed by atoms with Gasteiger partial charge in [-0.3, -0.25) is 9.78 Å². The number of anilines is 2. The van der Waals surface area contributed by atoms with Crippen LogP contribution in [-0.2, 0) is 0 Å². The molecule has 19 heavy (non-hydrogen) atoms. The number of ether oxygens (including phenoxy) is 1. The summed E-state index contributed by atoms with van der Waals surface area (Å²) in [4.78, 5) is 19.9. The molecule has 0 spiro atoms. The zero-order chi connectivity index (χ0) is 13.7. The van der Waals surface area contributed by atoms with E-state index in [1.165, 1.54) is 19.5 Å². The van der Waals surface area contributed by atoms with Gasteiger partial charge in [0.25, 0.3) is 5.91 Å². The third kappa shape index (κ3) is 2.96. The predicted molar refractivity (Wildman–Crippen MR) is 70.8 cm³/mol. The van der Waals surface area contributed by atoms with Crippen molar-refractivity contribution in [1.82, 2.24) is 9.97 Å². The number of methoxy groups -OCH3 is 1. The van der Waals surface area contributed by atoms with E-state index in [0.29, 0.717) is 17.3 Å². The Morgan fingerprint density at radius 1 is 1.32 bits per heavy atom. The molecule has 0 aliphatic rings. The number of nitrogens with zero attached hydrogens (tertiary/aromatic N) is 2. The Morgan fingerprint density at radius 2 is 2.11 bits per heavy atom. The van der Waals surface area contributed by atoms with E-state index in [-0.39, 0.29) is 5.69 Å². The maximum atomic E-state index is 12.0. The summed E-state index contributed by atoms with van der Waals surface area (Å²) in [5.41, 5.74) is 3.04. The van der Waals surface area contributed by atoms with Gasteiger partial charge in [-0.25, -0.2) is 10.8 Å². The lowest BCUT2D eigenvalue weighted by molar-refractivity contribution is 0.102. The summed E-state index contributed by atoms with van der Waals surface area (Å²) in [6.07, 6.45) is 2.77. The molecule has 0 bridgehead atoms. The molecule has 1 aromatic carbocycles. The van der Waals surface area contributed by atoms with E-state index in [1.807, 2.05) is 6.07 Å². The molecule has 0 unspecified atom stereocenters. The van der Waals surface area contributed by atoms with Crippen LogP contribution in [0.15, 0.2) is 36.7 Å². The smallest absolute Gasteiger partial charge is 0.276 e. The Kier molecular flexibility index (Phi) is 3.89. The van der Waals surface area contributed by atoms with Crippen molar-refractivity contribution < 1.29 is 9.53 Å². The Labute approximate surface area is 109 Å². The van der Waals surface area contributed by atoms with Crippen molar-refractivity contribution in [3.63, 3.8) is 0 Å². The second-order valence-electron chi connectivity index (χ2n) is 3.59. The number of hydrazine groups is 1. The van der Waals surface area contributed by atoms with Crippen LogP contribution in [0.5, 0.6) is 5.75 Å². The molecule has 0 fully saturated rings. The maximum Gasteiger partial charge on any atom is 0.276 e. The molecule has 2 aromatic rings. The van der Waals surface area contributed by atoms with E-state index in [9.17, 15) is 4.79 Å². The standard InChI is InChI=1S/C12H13N5O2/c1-19-10-5-3-2-4-8(10)16-12(18)9-6-14-7-11(15-9)17-13/h2-7H,13H2,1H3,(H,15,17)(H,16,18).